The van der Waals surface area contributed by atoms with Gasteiger partial charge < -0.3 is 5.73 Å². The molecule has 0 radical (unpaired) electrons. The second-order valence-electron chi connectivity index (χ2n) is 2.88. The van der Waals surface area contributed by atoms with Crippen molar-refractivity contribution >= 4 is 24.2 Å². The van der Waals surface area contributed by atoms with E-state index in [4.69, 9.17) is 5.73 Å². The minimum absolute atomic E-state index is 0. The molecule has 0 heterocycles. The van der Waals surface area contributed by atoms with Crippen molar-refractivity contribution in [3.05, 3.63) is 29.8 Å². The third kappa shape index (κ3) is 5.05. The van der Waals surface area contributed by atoms with Gasteiger partial charge in [0.1, 0.15) is 6.67 Å². The molecule has 1 atom stereocenters. The second-order valence-corrected chi connectivity index (χ2v) is 4.02. The summed E-state index contributed by atoms with van der Waals surface area (Å²) in [4.78, 5) is 0.0670. The van der Waals surface area contributed by atoms with Crippen LogP contribution in [-0.4, -0.2) is 12.2 Å². The maximum Gasteiger partial charge on any atom is 0.446 e. The number of halogens is 5. The van der Waals surface area contributed by atoms with Gasteiger partial charge in [-0.2, -0.15) is 13.2 Å². The van der Waals surface area contributed by atoms with Crippen molar-refractivity contribution < 1.29 is 17.6 Å². The summed E-state index contributed by atoms with van der Waals surface area (Å²) in [6, 6.07) is 4.60. The molecule has 0 fully saturated rings. The van der Waals surface area contributed by atoms with Crippen LogP contribution in [0.3, 0.4) is 0 Å². The SMILES string of the molecule is Cl.N[C@H](CF)c1ccc(SC(F)(F)F)cc1. The lowest BCUT2D eigenvalue weighted by Crippen LogP contribution is -2.11. The smallest absolute Gasteiger partial charge is 0.322 e. The zero-order valence-electron chi connectivity index (χ0n) is 8.00. The summed E-state index contributed by atoms with van der Waals surface area (Å²) in [7, 11) is 0. The molecule has 0 amide bonds. The van der Waals surface area contributed by atoms with Gasteiger partial charge in [0, 0.05) is 4.90 Å². The van der Waals surface area contributed by atoms with Gasteiger partial charge in [-0.1, -0.05) is 12.1 Å². The molecule has 0 spiro atoms. The minimum Gasteiger partial charge on any atom is -0.322 e. The van der Waals surface area contributed by atoms with Crippen molar-refractivity contribution in [2.45, 2.75) is 16.4 Å². The van der Waals surface area contributed by atoms with Crippen LogP contribution in [-0.2, 0) is 0 Å². The predicted octanol–water partition coefficient (Wildman–Crippen LogP) is 3.69. The van der Waals surface area contributed by atoms with Crippen LogP contribution in [0.15, 0.2) is 29.2 Å². The van der Waals surface area contributed by atoms with Gasteiger partial charge in [0.05, 0.1) is 6.04 Å². The Kier molecular flexibility index (Phi) is 6.14. The minimum atomic E-state index is -4.30. The molecule has 0 saturated carbocycles. The van der Waals surface area contributed by atoms with E-state index in [9.17, 15) is 17.6 Å². The van der Waals surface area contributed by atoms with Crippen molar-refractivity contribution in [1.29, 1.82) is 0 Å². The van der Waals surface area contributed by atoms with E-state index < -0.39 is 18.2 Å². The molecular formula is C9H10ClF4NS. The van der Waals surface area contributed by atoms with Crippen LogP contribution in [0.25, 0.3) is 0 Å². The molecule has 0 aliphatic carbocycles. The molecule has 2 N–H and O–H groups in total. The highest BCUT2D eigenvalue weighted by molar-refractivity contribution is 8.00. The third-order valence-corrected chi connectivity index (χ3v) is 2.45. The first-order valence-corrected chi connectivity index (χ1v) is 4.91. The Bertz CT molecular complexity index is 314. The first-order valence-electron chi connectivity index (χ1n) is 4.09. The lowest BCUT2D eigenvalue weighted by Gasteiger charge is -2.09. The van der Waals surface area contributed by atoms with E-state index in [1.807, 2.05) is 0 Å². The van der Waals surface area contributed by atoms with Gasteiger partial charge >= 0.3 is 5.51 Å². The third-order valence-electron chi connectivity index (χ3n) is 1.71. The van der Waals surface area contributed by atoms with Gasteiger partial charge in [-0.3, -0.25) is 0 Å². The first-order chi connectivity index (χ1) is 6.92. The fraction of sp³-hybridized carbons (Fsp3) is 0.333. The van der Waals surface area contributed by atoms with Gasteiger partial charge in [-0.05, 0) is 29.5 Å². The van der Waals surface area contributed by atoms with Crippen LogP contribution < -0.4 is 5.73 Å². The fourth-order valence-corrected chi connectivity index (χ4v) is 1.55. The molecule has 92 valence electrons. The Morgan fingerprint density at radius 2 is 1.69 bits per heavy atom. The Morgan fingerprint density at radius 1 is 1.19 bits per heavy atom. The maximum atomic E-state index is 12.1. The molecule has 1 aromatic rings. The molecule has 0 saturated heterocycles. The fourth-order valence-electron chi connectivity index (χ4n) is 1.01. The van der Waals surface area contributed by atoms with E-state index in [-0.39, 0.29) is 29.1 Å². The molecule has 0 aliphatic rings. The number of benzene rings is 1. The summed E-state index contributed by atoms with van der Waals surface area (Å²) < 4.78 is 48.0. The molecule has 16 heavy (non-hydrogen) atoms. The predicted molar refractivity (Wildman–Crippen MR) is 58.5 cm³/mol. The topological polar surface area (TPSA) is 26.0 Å². The molecule has 0 aliphatic heterocycles. The number of rotatable bonds is 3. The molecule has 0 aromatic heterocycles. The number of thioether (sulfide) groups is 1. The average Bonchev–Trinajstić information content (AvgIpc) is 2.15. The number of nitrogens with two attached hydrogens (primary N) is 1. The van der Waals surface area contributed by atoms with Crippen molar-refractivity contribution in [2.24, 2.45) is 5.73 Å². The quantitative estimate of drug-likeness (QED) is 0.672. The highest BCUT2D eigenvalue weighted by Gasteiger charge is 2.29. The van der Waals surface area contributed by atoms with Crippen molar-refractivity contribution in [3.63, 3.8) is 0 Å². The molecule has 1 rings (SSSR count). The highest BCUT2D eigenvalue weighted by atomic mass is 35.5. The monoisotopic (exact) mass is 275 g/mol. The average molecular weight is 276 g/mol. The van der Waals surface area contributed by atoms with E-state index in [2.05, 4.69) is 0 Å². The number of hydrogen-bond acceptors (Lipinski definition) is 2. The van der Waals surface area contributed by atoms with Gasteiger partial charge in [0.15, 0.2) is 0 Å². The van der Waals surface area contributed by atoms with E-state index in [1.165, 1.54) is 24.3 Å². The van der Waals surface area contributed by atoms with Crippen molar-refractivity contribution in [1.82, 2.24) is 0 Å². The summed E-state index contributed by atoms with van der Waals surface area (Å²) in [5.74, 6) is 0. The molecule has 1 aromatic carbocycles. The lowest BCUT2D eigenvalue weighted by atomic mass is 10.1. The van der Waals surface area contributed by atoms with Gasteiger partial charge in [0.25, 0.3) is 0 Å². The zero-order valence-corrected chi connectivity index (χ0v) is 9.63. The zero-order chi connectivity index (χ0) is 11.5. The molecular weight excluding hydrogens is 266 g/mol. The Morgan fingerprint density at radius 3 is 2.06 bits per heavy atom. The largest absolute Gasteiger partial charge is 0.446 e. The summed E-state index contributed by atoms with van der Waals surface area (Å²) in [5.41, 5.74) is 1.56. The number of hydrogen-bond donors (Lipinski definition) is 1. The van der Waals surface area contributed by atoms with Crippen molar-refractivity contribution in [2.75, 3.05) is 6.67 Å². The van der Waals surface area contributed by atoms with E-state index >= 15 is 0 Å². The van der Waals surface area contributed by atoms with Crippen molar-refractivity contribution in [3.8, 4) is 0 Å². The molecule has 0 unspecified atom stereocenters. The second kappa shape index (κ2) is 6.32. The molecule has 0 bridgehead atoms. The molecule has 7 heteroatoms. The Balaban J connectivity index is 0.00000225. The number of alkyl halides is 4. The van der Waals surface area contributed by atoms with Crippen LogP contribution in [0.4, 0.5) is 17.6 Å². The van der Waals surface area contributed by atoms with Crippen LogP contribution >= 0.6 is 24.2 Å². The van der Waals surface area contributed by atoms with Crippen LogP contribution in [0, 0.1) is 0 Å². The normalized spacial score (nSPS) is 13.1. The Labute approximate surface area is 101 Å². The summed E-state index contributed by atoms with van der Waals surface area (Å²) in [5, 5.41) is 0. The van der Waals surface area contributed by atoms with Crippen LogP contribution in [0.2, 0.25) is 0 Å². The van der Waals surface area contributed by atoms with E-state index in [0.29, 0.717) is 5.56 Å². The lowest BCUT2D eigenvalue weighted by molar-refractivity contribution is -0.0328. The van der Waals surface area contributed by atoms with Crippen LogP contribution in [0.1, 0.15) is 11.6 Å². The van der Waals surface area contributed by atoms with E-state index in [0.717, 1.165) is 0 Å². The Hall–Kier alpha value is -0.460. The highest BCUT2D eigenvalue weighted by Crippen LogP contribution is 2.36. The van der Waals surface area contributed by atoms with E-state index in [1.54, 1.807) is 0 Å². The maximum absolute atomic E-state index is 12.1. The summed E-state index contributed by atoms with van der Waals surface area (Å²) in [6.07, 6.45) is 0. The standard InChI is InChI=1S/C9H9F4NS.ClH/c10-5-8(14)6-1-3-7(4-2-6)15-9(11,12)13;/h1-4,8H,5,14H2;1H/t8-;/m1./s1. The summed E-state index contributed by atoms with van der Waals surface area (Å²) >= 11 is -0.206. The first kappa shape index (κ1) is 15.5. The molecule has 1 nitrogen and oxygen atoms in total. The van der Waals surface area contributed by atoms with Gasteiger partial charge in [0.2, 0.25) is 0 Å². The van der Waals surface area contributed by atoms with Gasteiger partial charge in [-0.15, -0.1) is 12.4 Å². The summed E-state index contributed by atoms with van der Waals surface area (Å²) in [6.45, 7) is -0.730. The van der Waals surface area contributed by atoms with Gasteiger partial charge in [-0.25, -0.2) is 4.39 Å². The van der Waals surface area contributed by atoms with Crippen LogP contribution in [0.5, 0.6) is 0 Å².